The predicted octanol–water partition coefficient (Wildman–Crippen LogP) is 3.39. The van der Waals surface area contributed by atoms with E-state index in [4.69, 9.17) is 11.6 Å². The molecule has 1 unspecified atom stereocenters. The number of aromatic nitrogens is 2. The second-order valence-electron chi connectivity index (χ2n) is 4.81. The average molecular weight is 294 g/mol. The monoisotopic (exact) mass is 293 g/mol. The van der Waals surface area contributed by atoms with Crippen LogP contribution in [0.2, 0.25) is 5.02 Å². The highest BCUT2D eigenvalue weighted by molar-refractivity contribution is 6.31. The van der Waals surface area contributed by atoms with E-state index in [2.05, 4.69) is 15.5 Å². The van der Waals surface area contributed by atoms with E-state index in [1.165, 1.54) is 12.1 Å². The number of rotatable bonds is 4. The molecule has 0 saturated heterocycles. The largest absolute Gasteiger partial charge is 0.313 e. The highest BCUT2D eigenvalue weighted by Crippen LogP contribution is 2.25. The van der Waals surface area contributed by atoms with Crippen molar-refractivity contribution in [2.75, 3.05) is 7.05 Å². The standard InChI is InChI=1S/C15H17ClFN3/c1-9-6-13(10(2)20-19-9)15(18-3)8-11-7-12(17)4-5-14(11)16/h4-7,15,18H,8H2,1-3H3. The van der Waals surface area contributed by atoms with Gasteiger partial charge in [0.05, 0.1) is 11.4 Å². The second-order valence-corrected chi connectivity index (χ2v) is 5.21. The Hall–Kier alpha value is -1.52. The molecule has 5 heteroatoms. The molecule has 2 rings (SSSR count). The molecular formula is C15H17ClFN3. The molecule has 2 aromatic rings. The molecule has 1 aromatic carbocycles. The van der Waals surface area contributed by atoms with Gasteiger partial charge in [0.25, 0.3) is 0 Å². The first kappa shape index (κ1) is 14.9. The zero-order valence-corrected chi connectivity index (χ0v) is 12.5. The van der Waals surface area contributed by atoms with Gasteiger partial charge in [-0.2, -0.15) is 10.2 Å². The minimum absolute atomic E-state index is 0.0171. The van der Waals surface area contributed by atoms with Gasteiger partial charge in [0.2, 0.25) is 0 Å². The number of hydrogen-bond acceptors (Lipinski definition) is 3. The third-order valence-electron chi connectivity index (χ3n) is 3.30. The van der Waals surface area contributed by atoms with Crippen LogP contribution in [0.3, 0.4) is 0 Å². The van der Waals surface area contributed by atoms with Crippen LogP contribution in [0.5, 0.6) is 0 Å². The average Bonchev–Trinajstić information content (AvgIpc) is 2.42. The molecule has 0 spiro atoms. The number of aryl methyl sites for hydroxylation is 2. The maximum Gasteiger partial charge on any atom is 0.123 e. The lowest BCUT2D eigenvalue weighted by molar-refractivity contribution is 0.576. The van der Waals surface area contributed by atoms with Crippen LogP contribution >= 0.6 is 11.6 Å². The van der Waals surface area contributed by atoms with Crippen LogP contribution in [0.4, 0.5) is 4.39 Å². The number of nitrogens with one attached hydrogen (secondary N) is 1. The lowest BCUT2D eigenvalue weighted by Crippen LogP contribution is -2.21. The topological polar surface area (TPSA) is 37.8 Å². The van der Waals surface area contributed by atoms with Gasteiger partial charge in [-0.25, -0.2) is 4.39 Å². The lowest BCUT2D eigenvalue weighted by atomic mass is 9.98. The maximum atomic E-state index is 13.3. The maximum absolute atomic E-state index is 13.3. The summed E-state index contributed by atoms with van der Waals surface area (Å²) in [5, 5.41) is 12.0. The molecule has 0 aliphatic heterocycles. The summed E-state index contributed by atoms with van der Waals surface area (Å²) in [4.78, 5) is 0. The summed E-state index contributed by atoms with van der Waals surface area (Å²) < 4.78 is 13.3. The lowest BCUT2D eigenvalue weighted by Gasteiger charge is -2.19. The second kappa shape index (κ2) is 6.29. The van der Waals surface area contributed by atoms with Gasteiger partial charge in [-0.15, -0.1) is 0 Å². The highest BCUT2D eigenvalue weighted by Gasteiger charge is 2.16. The normalized spacial score (nSPS) is 12.4. The third kappa shape index (κ3) is 3.32. The van der Waals surface area contributed by atoms with Gasteiger partial charge in [0.15, 0.2) is 0 Å². The van der Waals surface area contributed by atoms with Crippen molar-refractivity contribution >= 4 is 11.6 Å². The van der Waals surface area contributed by atoms with E-state index in [0.717, 1.165) is 22.5 Å². The van der Waals surface area contributed by atoms with Crippen LogP contribution in [0, 0.1) is 19.7 Å². The number of halogens is 2. The van der Waals surface area contributed by atoms with Crippen LogP contribution in [-0.2, 0) is 6.42 Å². The van der Waals surface area contributed by atoms with E-state index in [-0.39, 0.29) is 11.9 Å². The molecule has 1 aromatic heterocycles. The molecule has 0 bridgehead atoms. The Morgan fingerprint density at radius 2 is 2.00 bits per heavy atom. The zero-order chi connectivity index (χ0) is 14.7. The summed E-state index contributed by atoms with van der Waals surface area (Å²) in [5.41, 5.74) is 3.55. The molecule has 106 valence electrons. The molecule has 0 aliphatic rings. The molecule has 0 aliphatic carbocycles. The Morgan fingerprint density at radius 3 is 2.70 bits per heavy atom. The fourth-order valence-corrected chi connectivity index (χ4v) is 2.40. The van der Waals surface area contributed by atoms with Crippen molar-refractivity contribution in [2.24, 2.45) is 0 Å². The van der Waals surface area contributed by atoms with Gasteiger partial charge < -0.3 is 5.32 Å². The van der Waals surface area contributed by atoms with Crippen LogP contribution in [0.25, 0.3) is 0 Å². The van der Waals surface area contributed by atoms with Crippen LogP contribution in [0.15, 0.2) is 24.3 Å². The van der Waals surface area contributed by atoms with E-state index < -0.39 is 0 Å². The van der Waals surface area contributed by atoms with Crippen molar-refractivity contribution in [1.29, 1.82) is 0 Å². The minimum Gasteiger partial charge on any atom is -0.313 e. The Bertz CT molecular complexity index is 616. The molecule has 20 heavy (non-hydrogen) atoms. The number of likely N-dealkylation sites (N-methyl/N-ethyl adjacent to an activating group) is 1. The Labute approximate surface area is 123 Å². The van der Waals surface area contributed by atoms with Gasteiger partial charge in [0, 0.05) is 11.1 Å². The summed E-state index contributed by atoms with van der Waals surface area (Å²) >= 11 is 6.13. The molecule has 0 radical (unpaired) electrons. The van der Waals surface area contributed by atoms with Gasteiger partial charge in [-0.3, -0.25) is 0 Å². The predicted molar refractivity (Wildman–Crippen MR) is 78.4 cm³/mol. The third-order valence-corrected chi connectivity index (χ3v) is 3.66. The summed E-state index contributed by atoms with van der Waals surface area (Å²) in [6.07, 6.45) is 0.596. The van der Waals surface area contributed by atoms with Gasteiger partial charge in [-0.05, 0) is 62.7 Å². The van der Waals surface area contributed by atoms with E-state index in [1.807, 2.05) is 27.0 Å². The summed E-state index contributed by atoms with van der Waals surface area (Å²) in [7, 11) is 1.87. The fourth-order valence-electron chi connectivity index (χ4n) is 2.21. The summed E-state index contributed by atoms with van der Waals surface area (Å²) in [6, 6.07) is 6.44. The SMILES string of the molecule is CNC(Cc1cc(F)ccc1Cl)c1cc(C)nnc1C. The van der Waals surface area contributed by atoms with Gasteiger partial charge in [-0.1, -0.05) is 11.6 Å². The van der Waals surface area contributed by atoms with Crippen molar-refractivity contribution in [3.63, 3.8) is 0 Å². The molecule has 1 heterocycles. The van der Waals surface area contributed by atoms with Crippen molar-refractivity contribution in [3.8, 4) is 0 Å². The van der Waals surface area contributed by atoms with Crippen LogP contribution in [0.1, 0.15) is 28.6 Å². The molecule has 1 atom stereocenters. The fraction of sp³-hybridized carbons (Fsp3) is 0.333. The van der Waals surface area contributed by atoms with Crippen molar-refractivity contribution < 1.29 is 4.39 Å². The quantitative estimate of drug-likeness (QED) is 0.939. The first-order valence-electron chi connectivity index (χ1n) is 6.43. The Morgan fingerprint density at radius 1 is 1.25 bits per heavy atom. The number of hydrogen-bond donors (Lipinski definition) is 1. The Kier molecular flexibility index (Phi) is 4.68. The molecule has 1 N–H and O–H groups in total. The number of benzene rings is 1. The van der Waals surface area contributed by atoms with Crippen LogP contribution < -0.4 is 5.32 Å². The van der Waals surface area contributed by atoms with Crippen LogP contribution in [-0.4, -0.2) is 17.2 Å². The van der Waals surface area contributed by atoms with Gasteiger partial charge in [0.1, 0.15) is 5.82 Å². The first-order valence-corrected chi connectivity index (χ1v) is 6.81. The zero-order valence-electron chi connectivity index (χ0n) is 11.7. The molecule has 0 amide bonds. The minimum atomic E-state index is -0.278. The smallest absolute Gasteiger partial charge is 0.123 e. The molecule has 0 fully saturated rings. The van der Waals surface area contributed by atoms with Crippen molar-refractivity contribution in [1.82, 2.24) is 15.5 Å². The van der Waals surface area contributed by atoms with Crippen molar-refractivity contribution in [2.45, 2.75) is 26.3 Å². The van der Waals surface area contributed by atoms with Gasteiger partial charge >= 0.3 is 0 Å². The molecule has 3 nitrogen and oxygen atoms in total. The van der Waals surface area contributed by atoms with Crippen molar-refractivity contribution in [3.05, 3.63) is 57.6 Å². The number of nitrogens with zero attached hydrogens (tertiary/aromatic N) is 2. The molecule has 0 saturated carbocycles. The van der Waals surface area contributed by atoms with E-state index in [0.29, 0.717) is 11.4 Å². The van der Waals surface area contributed by atoms with E-state index in [1.54, 1.807) is 6.07 Å². The van der Waals surface area contributed by atoms with E-state index in [9.17, 15) is 4.39 Å². The summed E-state index contributed by atoms with van der Waals surface area (Å²) in [6.45, 7) is 3.82. The summed E-state index contributed by atoms with van der Waals surface area (Å²) in [5.74, 6) is -0.278. The van der Waals surface area contributed by atoms with E-state index >= 15 is 0 Å². The first-order chi connectivity index (χ1) is 9.51. The molecular weight excluding hydrogens is 277 g/mol. The highest BCUT2D eigenvalue weighted by atomic mass is 35.5. The Balaban J connectivity index is 2.33.